The lowest BCUT2D eigenvalue weighted by atomic mass is 10.2. The quantitative estimate of drug-likeness (QED) is 0.608. The van der Waals surface area contributed by atoms with Gasteiger partial charge in [-0.25, -0.2) is 14.8 Å². The highest BCUT2D eigenvalue weighted by Gasteiger charge is 2.19. The van der Waals surface area contributed by atoms with Crippen LogP contribution in [0.3, 0.4) is 0 Å². The van der Waals surface area contributed by atoms with Crippen LogP contribution in [0.15, 0.2) is 30.9 Å². The molecule has 2 heterocycles. The third-order valence-corrected chi connectivity index (χ3v) is 2.72. The minimum atomic E-state index is -1.24. The number of hydrogen-bond donors (Lipinski definition) is 2. The predicted molar refractivity (Wildman–Crippen MR) is 73.2 cm³/mol. The number of nitrogens with zero attached hydrogens (tertiary/aromatic N) is 4. The Morgan fingerprint density at radius 2 is 2.33 bits per heavy atom. The van der Waals surface area contributed by atoms with Gasteiger partial charge >= 0.3 is 11.7 Å². The van der Waals surface area contributed by atoms with Gasteiger partial charge < -0.3 is 15.0 Å². The van der Waals surface area contributed by atoms with Gasteiger partial charge in [-0.05, 0) is 13.0 Å². The van der Waals surface area contributed by atoms with Crippen LogP contribution in [0.2, 0.25) is 0 Å². The zero-order valence-corrected chi connectivity index (χ0v) is 11.1. The molecule has 0 fully saturated rings. The number of carboxylic acids is 1. The molecule has 0 bridgehead atoms. The average molecular weight is 291 g/mol. The Kier molecular flexibility index (Phi) is 4.12. The molecular formula is C12H13N5O4. The second-order valence-electron chi connectivity index (χ2n) is 4.43. The Hall–Kier alpha value is -2.97. The van der Waals surface area contributed by atoms with E-state index in [2.05, 4.69) is 15.3 Å². The van der Waals surface area contributed by atoms with E-state index in [4.69, 9.17) is 5.11 Å². The molecule has 0 saturated heterocycles. The Balaban J connectivity index is 2.21. The molecule has 9 nitrogen and oxygen atoms in total. The van der Waals surface area contributed by atoms with Crippen molar-refractivity contribution >= 4 is 17.5 Å². The number of carbonyl (C=O) groups is 1. The van der Waals surface area contributed by atoms with Gasteiger partial charge in [0.1, 0.15) is 0 Å². The Morgan fingerprint density at radius 1 is 1.57 bits per heavy atom. The first-order chi connectivity index (χ1) is 9.97. The summed E-state index contributed by atoms with van der Waals surface area (Å²) in [6.45, 7) is 2.31. The fourth-order valence-corrected chi connectivity index (χ4v) is 1.81. The predicted octanol–water partition coefficient (Wildman–Crippen LogP) is 1.39. The first-order valence-electron chi connectivity index (χ1n) is 6.08. The van der Waals surface area contributed by atoms with Gasteiger partial charge in [-0.3, -0.25) is 10.1 Å². The average Bonchev–Trinajstić information content (AvgIpc) is 2.90. The number of aromatic nitrogens is 3. The van der Waals surface area contributed by atoms with E-state index in [9.17, 15) is 14.9 Å². The molecule has 0 spiro atoms. The van der Waals surface area contributed by atoms with E-state index in [0.29, 0.717) is 6.54 Å². The van der Waals surface area contributed by atoms with Crippen LogP contribution in [0.4, 0.5) is 11.5 Å². The lowest BCUT2D eigenvalue weighted by molar-refractivity contribution is -0.384. The van der Waals surface area contributed by atoms with Crippen LogP contribution in [0.1, 0.15) is 17.4 Å². The number of nitro groups is 1. The topological polar surface area (TPSA) is 123 Å². The molecule has 21 heavy (non-hydrogen) atoms. The van der Waals surface area contributed by atoms with Crippen LogP contribution in [0.25, 0.3) is 0 Å². The first kappa shape index (κ1) is 14.4. The second kappa shape index (κ2) is 5.99. The van der Waals surface area contributed by atoms with Crippen LogP contribution >= 0.6 is 0 Å². The Labute approximate surface area is 119 Å². The molecule has 0 aromatic carbocycles. The highest BCUT2D eigenvalue weighted by atomic mass is 16.6. The highest BCUT2D eigenvalue weighted by Crippen LogP contribution is 2.23. The summed E-state index contributed by atoms with van der Waals surface area (Å²) in [7, 11) is 0. The van der Waals surface area contributed by atoms with Gasteiger partial charge in [0.2, 0.25) is 5.82 Å². The van der Waals surface area contributed by atoms with Crippen molar-refractivity contribution in [2.24, 2.45) is 0 Å². The number of aromatic carboxylic acids is 1. The summed E-state index contributed by atoms with van der Waals surface area (Å²) in [6, 6.07) is 2.03. The van der Waals surface area contributed by atoms with Crippen molar-refractivity contribution in [2.45, 2.75) is 19.5 Å². The van der Waals surface area contributed by atoms with E-state index in [-0.39, 0.29) is 23.2 Å². The molecule has 0 aliphatic carbocycles. The zero-order chi connectivity index (χ0) is 15.4. The summed E-state index contributed by atoms with van der Waals surface area (Å²) >= 11 is 0. The van der Waals surface area contributed by atoms with E-state index in [1.165, 1.54) is 0 Å². The Morgan fingerprint density at radius 3 is 2.90 bits per heavy atom. The summed E-state index contributed by atoms with van der Waals surface area (Å²) < 4.78 is 1.80. The molecule has 0 aliphatic heterocycles. The van der Waals surface area contributed by atoms with Gasteiger partial charge in [-0.2, -0.15) is 0 Å². The molecule has 1 unspecified atom stereocenters. The fraction of sp³-hybridized carbons (Fsp3) is 0.250. The van der Waals surface area contributed by atoms with Crippen molar-refractivity contribution in [1.82, 2.24) is 14.5 Å². The molecule has 0 aliphatic rings. The molecular weight excluding hydrogens is 278 g/mol. The maximum Gasteiger partial charge on any atom is 0.354 e. The second-order valence-corrected chi connectivity index (χ2v) is 4.43. The molecule has 1 atom stereocenters. The van der Waals surface area contributed by atoms with Gasteiger partial charge in [0.15, 0.2) is 5.69 Å². The van der Waals surface area contributed by atoms with E-state index in [0.717, 1.165) is 12.1 Å². The standard InChI is InChI=1S/C12H13N5O4/c1-8(6-16-5-4-13-7-16)14-11-10(17(20)21)3-2-9(15-11)12(18)19/h2-5,7-8H,6H2,1H3,(H,14,15)(H,18,19). The molecule has 110 valence electrons. The van der Waals surface area contributed by atoms with Gasteiger partial charge in [-0.15, -0.1) is 0 Å². The minimum Gasteiger partial charge on any atom is -0.477 e. The number of rotatable bonds is 6. The Bertz CT molecular complexity index is 656. The number of nitrogens with one attached hydrogen (secondary N) is 1. The molecule has 0 amide bonds. The summed E-state index contributed by atoms with van der Waals surface area (Å²) in [5.41, 5.74) is -0.518. The van der Waals surface area contributed by atoms with Crippen molar-refractivity contribution in [3.8, 4) is 0 Å². The number of hydrogen-bond acceptors (Lipinski definition) is 6. The smallest absolute Gasteiger partial charge is 0.354 e. The van der Waals surface area contributed by atoms with Crippen molar-refractivity contribution in [3.05, 3.63) is 46.7 Å². The van der Waals surface area contributed by atoms with Crippen molar-refractivity contribution in [3.63, 3.8) is 0 Å². The van der Waals surface area contributed by atoms with Crippen LogP contribution in [0.5, 0.6) is 0 Å². The number of imidazole rings is 1. The van der Waals surface area contributed by atoms with Crippen molar-refractivity contribution in [1.29, 1.82) is 0 Å². The van der Waals surface area contributed by atoms with Gasteiger partial charge in [0.25, 0.3) is 0 Å². The molecule has 2 aromatic heterocycles. The van der Waals surface area contributed by atoms with Gasteiger partial charge in [0, 0.05) is 31.0 Å². The van der Waals surface area contributed by atoms with E-state index >= 15 is 0 Å². The zero-order valence-electron chi connectivity index (χ0n) is 11.1. The SMILES string of the molecule is CC(Cn1ccnc1)Nc1nc(C(=O)O)ccc1[N+](=O)[O-]. The molecule has 0 saturated carbocycles. The van der Waals surface area contributed by atoms with E-state index in [1.807, 2.05) is 0 Å². The molecule has 9 heteroatoms. The van der Waals surface area contributed by atoms with Crippen LogP contribution < -0.4 is 5.32 Å². The van der Waals surface area contributed by atoms with E-state index < -0.39 is 10.9 Å². The van der Waals surface area contributed by atoms with Crippen LogP contribution in [-0.4, -0.2) is 36.6 Å². The summed E-state index contributed by atoms with van der Waals surface area (Å²) in [5, 5.41) is 22.7. The summed E-state index contributed by atoms with van der Waals surface area (Å²) in [6.07, 6.45) is 5.00. The largest absolute Gasteiger partial charge is 0.477 e. The van der Waals surface area contributed by atoms with Crippen LogP contribution in [0, 0.1) is 10.1 Å². The number of pyridine rings is 1. The summed E-state index contributed by atoms with van der Waals surface area (Å²) in [4.78, 5) is 28.9. The van der Waals surface area contributed by atoms with E-state index in [1.54, 1.807) is 30.2 Å². The lowest BCUT2D eigenvalue weighted by Gasteiger charge is -2.15. The minimum absolute atomic E-state index is 0.0625. The molecule has 2 N–H and O–H groups in total. The normalized spacial score (nSPS) is 11.9. The van der Waals surface area contributed by atoms with Crippen LogP contribution in [-0.2, 0) is 6.54 Å². The first-order valence-corrected chi connectivity index (χ1v) is 6.08. The number of carboxylic acid groups (broad SMARTS) is 1. The maximum atomic E-state index is 11.0. The highest BCUT2D eigenvalue weighted by molar-refractivity contribution is 5.86. The third-order valence-electron chi connectivity index (χ3n) is 2.72. The third kappa shape index (κ3) is 3.53. The van der Waals surface area contributed by atoms with Crippen molar-refractivity contribution in [2.75, 3.05) is 5.32 Å². The fourth-order valence-electron chi connectivity index (χ4n) is 1.81. The van der Waals surface area contributed by atoms with Gasteiger partial charge in [-0.1, -0.05) is 0 Å². The molecule has 2 rings (SSSR count). The monoisotopic (exact) mass is 291 g/mol. The molecule has 0 radical (unpaired) electrons. The van der Waals surface area contributed by atoms with Crippen molar-refractivity contribution < 1.29 is 14.8 Å². The maximum absolute atomic E-state index is 11.0. The van der Waals surface area contributed by atoms with Gasteiger partial charge in [0.05, 0.1) is 11.3 Å². The lowest BCUT2D eigenvalue weighted by Crippen LogP contribution is -2.23. The molecule has 2 aromatic rings. The summed E-state index contributed by atoms with van der Waals surface area (Å²) in [5.74, 6) is -1.30. The number of anilines is 1.